The van der Waals surface area contributed by atoms with Gasteiger partial charge in [0.25, 0.3) is 0 Å². The first-order valence-corrected chi connectivity index (χ1v) is 8.87. The molecule has 2 rings (SSSR count). The van der Waals surface area contributed by atoms with Gasteiger partial charge in [0.1, 0.15) is 5.82 Å². The molecule has 1 aromatic carbocycles. The Morgan fingerprint density at radius 3 is 2.43 bits per heavy atom. The SMILES string of the molecule is Cc1ccc(F)cc1S(=O)(=O)NC1(CN)CCCCCC1. The fourth-order valence-corrected chi connectivity index (χ4v) is 4.68. The molecule has 3 N–H and O–H groups in total. The number of halogens is 1. The van der Waals surface area contributed by atoms with E-state index in [1.54, 1.807) is 6.92 Å². The van der Waals surface area contributed by atoms with Crippen LogP contribution in [0.2, 0.25) is 0 Å². The third kappa shape index (κ3) is 3.81. The third-order valence-corrected chi connectivity index (χ3v) is 5.96. The zero-order chi connectivity index (χ0) is 15.5. The minimum absolute atomic E-state index is 0.000396. The Balaban J connectivity index is 2.32. The summed E-state index contributed by atoms with van der Waals surface area (Å²) in [6.07, 6.45) is 5.59. The van der Waals surface area contributed by atoms with Crippen LogP contribution in [0.1, 0.15) is 44.1 Å². The van der Waals surface area contributed by atoms with Gasteiger partial charge in [-0.15, -0.1) is 0 Å². The van der Waals surface area contributed by atoms with Gasteiger partial charge < -0.3 is 5.73 Å². The standard InChI is InChI=1S/C15H23FN2O2S/c1-12-6-7-13(16)10-14(12)21(19,20)18-15(11-17)8-4-2-3-5-9-15/h6-7,10,18H,2-5,8-9,11,17H2,1H3. The van der Waals surface area contributed by atoms with Gasteiger partial charge in [0, 0.05) is 12.1 Å². The highest BCUT2D eigenvalue weighted by atomic mass is 32.2. The Morgan fingerprint density at radius 2 is 1.86 bits per heavy atom. The van der Waals surface area contributed by atoms with Crippen LogP contribution in [0.25, 0.3) is 0 Å². The first-order chi connectivity index (χ1) is 9.88. The molecule has 21 heavy (non-hydrogen) atoms. The number of sulfonamides is 1. The van der Waals surface area contributed by atoms with Crippen molar-refractivity contribution in [3.05, 3.63) is 29.6 Å². The number of nitrogens with two attached hydrogens (primary N) is 1. The predicted molar refractivity (Wildman–Crippen MR) is 80.9 cm³/mol. The van der Waals surface area contributed by atoms with E-state index < -0.39 is 21.4 Å². The van der Waals surface area contributed by atoms with Gasteiger partial charge in [-0.3, -0.25) is 0 Å². The van der Waals surface area contributed by atoms with E-state index in [-0.39, 0.29) is 11.4 Å². The van der Waals surface area contributed by atoms with Gasteiger partial charge in [0.05, 0.1) is 4.90 Å². The fraction of sp³-hybridized carbons (Fsp3) is 0.600. The second kappa shape index (κ2) is 6.42. The Kier molecular flexibility index (Phi) is 5.01. The lowest BCUT2D eigenvalue weighted by Gasteiger charge is -2.32. The van der Waals surface area contributed by atoms with Crippen molar-refractivity contribution in [2.75, 3.05) is 6.54 Å². The highest BCUT2D eigenvalue weighted by Crippen LogP contribution is 2.29. The molecule has 1 aliphatic rings. The van der Waals surface area contributed by atoms with Crippen molar-refractivity contribution in [1.29, 1.82) is 0 Å². The Bertz CT molecular complexity index is 594. The lowest BCUT2D eigenvalue weighted by atomic mass is 9.92. The zero-order valence-corrected chi connectivity index (χ0v) is 13.2. The largest absolute Gasteiger partial charge is 0.329 e. The molecule has 0 aromatic heterocycles. The summed E-state index contributed by atoms with van der Waals surface area (Å²) in [6.45, 7) is 1.93. The van der Waals surface area contributed by atoms with E-state index in [9.17, 15) is 12.8 Å². The molecular formula is C15H23FN2O2S. The van der Waals surface area contributed by atoms with E-state index in [0.717, 1.165) is 44.6 Å². The van der Waals surface area contributed by atoms with Gasteiger partial charge in [0.15, 0.2) is 0 Å². The number of benzene rings is 1. The summed E-state index contributed by atoms with van der Waals surface area (Å²) in [7, 11) is -3.77. The molecule has 0 radical (unpaired) electrons. The number of rotatable bonds is 4. The third-order valence-electron chi connectivity index (χ3n) is 4.24. The molecule has 4 nitrogen and oxygen atoms in total. The molecule has 0 atom stereocenters. The van der Waals surface area contributed by atoms with Crippen molar-refractivity contribution >= 4 is 10.0 Å². The number of nitrogens with one attached hydrogen (secondary N) is 1. The minimum Gasteiger partial charge on any atom is -0.329 e. The van der Waals surface area contributed by atoms with Gasteiger partial charge in [0.2, 0.25) is 10.0 Å². The van der Waals surface area contributed by atoms with Gasteiger partial charge in [-0.25, -0.2) is 17.5 Å². The minimum atomic E-state index is -3.77. The van der Waals surface area contributed by atoms with E-state index in [0.29, 0.717) is 5.56 Å². The number of hydrogen-bond acceptors (Lipinski definition) is 3. The van der Waals surface area contributed by atoms with Crippen molar-refractivity contribution in [1.82, 2.24) is 4.72 Å². The van der Waals surface area contributed by atoms with Gasteiger partial charge in [-0.05, 0) is 37.5 Å². The summed E-state index contributed by atoms with van der Waals surface area (Å²) < 4.78 is 41.4. The van der Waals surface area contributed by atoms with Crippen molar-refractivity contribution in [3.63, 3.8) is 0 Å². The Labute approximate surface area is 126 Å². The molecule has 0 spiro atoms. The van der Waals surface area contributed by atoms with Crippen molar-refractivity contribution in [2.45, 2.75) is 55.9 Å². The molecule has 6 heteroatoms. The summed E-state index contributed by atoms with van der Waals surface area (Å²) in [4.78, 5) is -0.000396. The highest BCUT2D eigenvalue weighted by molar-refractivity contribution is 7.89. The molecule has 1 fully saturated rings. The van der Waals surface area contributed by atoms with E-state index in [1.807, 2.05) is 0 Å². The highest BCUT2D eigenvalue weighted by Gasteiger charge is 2.35. The second-order valence-corrected chi connectivity index (χ2v) is 7.56. The van der Waals surface area contributed by atoms with Crippen LogP contribution in [0.3, 0.4) is 0 Å². The molecule has 1 aliphatic carbocycles. The van der Waals surface area contributed by atoms with E-state index >= 15 is 0 Å². The summed E-state index contributed by atoms with van der Waals surface area (Å²) in [5.41, 5.74) is 5.79. The second-order valence-electron chi connectivity index (χ2n) is 5.91. The van der Waals surface area contributed by atoms with Gasteiger partial charge in [-0.1, -0.05) is 31.7 Å². The fourth-order valence-electron chi connectivity index (χ4n) is 2.96. The average Bonchev–Trinajstić information content (AvgIpc) is 2.67. The van der Waals surface area contributed by atoms with E-state index in [4.69, 9.17) is 5.73 Å². The van der Waals surface area contributed by atoms with Crippen LogP contribution < -0.4 is 10.5 Å². The van der Waals surface area contributed by atoms with Crippen molar-refractivity contribution in [3.8, 4) is 0 Å². The molecule has 0 amide bonds. The normalized spacial score (nSPS) is 19.2. The van der Waals surface area contributed by atoms with Crippen LogP contribution in [0.4, 0.5) is 4.39 Å². The van der Waals surface area contributed by atoms with Crippen LogP contribution in [-0.4, -0.2) is 20.5 Å². The summed E-state index contributed by atoms with van der Waals surface area (Å²) >= 11 is 0. The van der Waals surface area contributed by atoms with Crippen LogP contribution in [0.5, 0.6) is 0 Å². The predicted octanol–water partition coefficient (Wildman–Crippen LogP) is 2.46. The average molecular weight is 314 g/mol. The Morgan fingerprint density at radius 1 is 1.24 bits per heavy atom. The van der Waals surface area contributed by atoms with Crippen LogP contribution in [-0.2, 0) is 10.0 Å². The maximum absolute atomic E-state index is 13.4. The van der Waals surface area contributed by atoms with E-state index in [2.05, 4.69) is 4.72 Å². The smallest absolute Gasteiger partial charge is 0.241 e. The lowest BCUT2D eigenvalue weighted by molar-refractivity contribution is 0.342. The lowest BCUT2D eigenvalue weighted by Crippen LogP contribution is -2.53. The van der Waals surface area contributed by atoms with Crippen molar-refractivity contribution < 1.29 is 12.8 Å². The van der Waals surface area contributed by atoms with Crippen LogP contribution in [0, 0.1) is 12.7 Å². The molecule has 0 saturated heterocycles. The molecule has 1 saturated carbocycles. The van der Waals surface area contributed by atoms with E-state index in [1.165, 1.54) is 12.1 Å². The summed E-state index contributed by atoms with van der Waals surface area (Å²) in [5.74, 6) is -0.552. The summed E-state index contributed by atoms with van der Waals surface area (Å²) in [6, 6.07) is 3.81. The maximum Gasteiger partial charge on any atom is 0.241 e. The molecule has 0 heterocycles. The molecule has 0 bridgehead atoms. The van der Waals surface area contributed by atoms with Crippen LogP contribution >= 0.6 is 0 Å². The number of aryl methyl sites for hydroxylation is 1. The topological polar surface area (TPSA) is 72.2 Å². The maximum atomic E-state index is 13.4. The molecule has 0 unspecified atom stereocenters. The first-order valence-electron chi connectivity index (χ1n) is 7.39. The molecule has 118 valence electrons. The quantitative estimate of drug-likeness (QED) is 0.839. The zero-order valence-electron chi connectivity index (χ0n) is 12.4. The van der Waals surface area contributed by atoms with Crippen LogP contribution in [0.15, 0.2) is 23.1 Å². The van der Waals surface area contributed by atoms with Gasteiger partial charge >= 0.3 is 0 Å². The van der Waals surface area contributed by atoms with Crippen molar-refractivity contribution in [2.24, 2.45) is 5.73 Å². The molecular weight excluding hydrogens is 291 g/mol. The summed E-state index contributed by atoms with van der Waals surface area (Å²) in [5, 5.41) is 0. The molecule has 1 aromatic rings. The Hall–Kier alpha value is -0.980. The first kappa shape index (κ1) is 16.4. The molecule has 0 aliphatic heterocycles. The monoisotopic (exact) mass is 314 g/mol. The number of hydrogen-bond donors (Lipinski definition) is 2. The van der Waals surface area contributed by atoms with Gasteiger partial charge in [-0.2, -0.15) is 0 Å².